The van der Waals surface area contributed by atoms with Crippen molar-refractivity contribution in [1.82, 2.24) is 0 Å². The highest BCUT2D eigenvalue weighted by Gasteiger charge is 2.22. The van der Waals surface area contributed by atoms with Crippen LogP contribution >= 0.6 is 11.6 Å². The molecule has 19 heavy (non-hydrogen) atoms. The zero-order valence-electron chi connectivity index (χ0n) is 10.5. The first kappa shape index (κ1) is 15.2. The molecule has 7 heteroatoms. The van der Waals surface area contributed by atoms with Crippen molar-refractivity contribution in [1.29, 1.82) is 0 Å². The van der Waals surface area contributed by atoms with Crippen molar-refractivity contribution in [2.75, 3.05) is 0 Å². The van der Waals surface area contributed by atoms with Crippen LogP contribution in [0.1, 0.15) is 20.3 Å². The number of nitrogens with zero attached hydrogens (tertiary/aromatic N) is 1. The molecule has 104 valence electrons. The van der Waals surface area contributed by atoms with Gasteiger partial charge in [0.2, 0.25) is 0 Å². The van der Waals surface area contributed by atoms with E-state index in [2.05, 4.69) is 0 Å². The quantitative estimate of drug-likeness (QED) is 0.641. The molecule has 0 spiro atoms. The Labute approximate surface area is 115 Å². The maximum absolute atomic E-state index is 11.0. The number of ether oxygens (including phenoxy) is 1. The Hall–Kier alpha value is -1.82. The van der Waals surface area contributed by atoms with Gasteiger partial charge in [-0.15, -0.1) is 0 Å². The largest absolute Gasteiger partial charge is 0.479 e. The monoisotopic (exact) mass is 287 g/mol. The van der Waals surface area contributed by atoms with Gasteiger partial charge in [-0.3, -0.25) is 10.1 Å². The van der Waals surface area contributed by atoms with Crippen LogP contribution in [0.2, 0.25) is 5.02 Å². The van der Waals surface area contributed by atoms with Crippen LogP contribution in [0.4, 0.5) is 5.69 Å². The van der Waals surface area contributed by atoms with Crippen LogP contribution in [-0.4, -0.2) is 22.1 Å². The average molecular weight is 288 g/mol. The third kappa shape index (κ3) is 4.40. The van der Waals surface area contributed by atoms with Crippen LogP contribution < -0.4 is 4.74 Å². The summed E-state index contributed by atoms with van der Waals surface area (Å²) in [7, 11) is 0. The summed E-state index contributed by atoms with van der Waals surface area (Å²) in [6.45, 7) is 3.74. The van der Waals surface area contributed by atoms with Gasteiger partial charge in [-0.25, -0.2) is 4.79 Å². The van der Waals surface area contributed by atoms with Gasteiger partial charge in [-0.1, -0.05) is 25.4 Å². The molecule has 0 aliphatic rings. The topological polar surface area (TPSA) is 89.7 Å². The second kappa shape index (κ2) is 6.38. The molecule has 0 bridgehead atoms. The van der Waals surface area contributed by atoms with Gasteiger partial charge in [0.05, 0.1) is 9.95 Å². The van der Waals surface area contributed by atoms with Gasteiger partial charge in [0, 0.05) is 12.1 Å². The zero-order valence-corrected chi connectivity index (χ0v) is 11.3. The third-order valence-electron chi connectivity index (χ3n) is 2.36. The van der Waals surface area contributed by atoms with Crippen LogP contribution in [0.25, 0.3) is 0 Å². The van der Waals surface area contributed by atoms with E-state index in [1.54, 1.807) is 0 Å². The predicted molar refractivity (Wildman–Crippen MR) is 69.6 cm³/mol. The molecule has 1 aromatic carbocycles. The van der Waals surface area contributed by atoms with Crippen molar-refractivity contribution < 1.29 is 19.6 Å². The molecule has 0 aromatic heterocycles. The number of aliphatic carboxylic acids is 1. The third-order valence-corrected chi connectivity index (χ3v) is 2.65. The maximum Gasteiger partial charge on any atom is 0.344 e. The average Bonchev–Trinajstić information content (AvgIpc) is 2.29. The van der Waals surface area contributed by atoms with Crippen LogP contribution in [0.15, 0.2) is 18.2 Å². The summed E-state index contributed by atoms with van der Waals surface area (Å²) in [5.41, 5.74) is -0.173. The minimum absolute atomic E-state index is 0.0178. The molecule has 6 nitrogen and oxygen atoms in total. The number of carbonyl (C=O) groups is 1. The van der Waals surface area contributed by atoms with Gasteiger partial charge in [0.25, 0.3) is 5.69 Å². The fourth-order valence-corrected chi connectivity index (χ4v) is 1.70. The number of nitro groups is 1. The van der Waals surface area contributed by atoms with Gasteiger partial charge in [0.1, 0.15) is 5.75 Å². The van der Waals surface area contributed by atoms with Crippen molar-refractivity contribution in [2.45, 2.75) is 26.4 Å². The zero-order chi connectivity index (χ0) is 14.6. The normalized spacial score (nSPS) is 12.2. The minimum atomic E-state index is -1.09. The van der Waals surface area contributed by atoms with E-state index in [1.807, 2.05) is 13.8 Å². The molecular formula is C12H14ClNO5. The summed E-state index contributed by atoms with van der Waals surface area (Å²) in [4.78, 5) is 21.0. The predicted octanol–water partition coefficient (Wildman–Crippen LogP) is 3.13. The van der Waals surface area contributed by atoms with E-state index >= 15 is 0 Å². The van der Waals surface area contributed by atoms with Crippen molar-refractivity contribution in [3.05, 3.63) is 33.3 Å². The molecule has 0 aliphatic heterocycles. The van der Waals surface area contributed by atoms with E-state index in [0.717, 1.165) is 6.07 Å². The molecule has 0 radical (unpaired) electrons. The number of hydrogen-bond donors (Lipinski definition) is 1. The van der Waals surface area contributed by atoms with E-state index in [9.17, 15) is 14.9 Å². The van der Waals surface area contributed by atoms with E-state index in [0.29, 0.717) is 6.42 Å². The first-order chi connectivity index (χ1) is 8.81. The summed E-state index contributed by atoms with van der Waals surface area (Å²) >= 11 is 5.84. The number of carboxylic acids is 1. The molecule has 1 N–H and O–H groups in total. The number of non-ortho nitro benzene ring substituents is 1. The van der Waals surface area contributed by atoms with Gasteiger partial charge < -0.3 is 9.84 Å². The van der Waals surface area contributed by atoms with E-state index in [1.165, 1.54) is 12.1 Å². The second-order valence-corrected chi connectivity index (χ2v) is 4.85. The Morgan fingerprint density at radius 1 is 1.53 bits per heavy atom. The number of hydrogen-bond acceptors (Lipinski definition) is 4. The highest BCUT2D eigenvalue weighted by atomic mass is 35.5. The molecule has 0 fully saturated rings. The van der Waals surface area contributed by atoms with Crippen molar-refractivity contribution >= 4 is 23.3 Å². The van der Waals surface area contributed by atoms with Gasteiger partial charge in [-0.05, 0) is 18.4 Å². The second-order valence-electron chi connectivity index (χ2n) is 4.45. The molecular weight excluding hydrogens is 274 g/mol. The summed E-state index contributed by atoms with van der Waals surface area (Å²) in [5, 5.41) is 19.6. The number of rotatable bonds is 6. The molecule has 0 heterocycles. The fourth-order valence-electron chi connectivity index (χ4n) is 1.48. The lowest BCUT2D eigenvalue weighted by Crippen LogP contribution is -2.28. The molecule has 0 saturated carbocycles. The number of halogens is 1. The first-order valence-electron chi connectivity index (χ1n) is 5.64. The lowest BCUT2D eigenvalue weighted by Gasteiger charge is -2.17. The van der Waals surface area contributed by atoms with Gasteiger partial charge in [0.15, 0.2) is 6.10 Å². The molecule has 1 atom stereocenters. The molecule has 0 aliphatic carbocycles. The van der Waals surface area contributed by atoms with Crippen LogP contribution in [-0.2, 0) is 4.79 Å². The van der Waals surface area contributed by atoms with Gasteiger partial charge >= 0.3 is 5.97 Å². The number of nitro benzene ring substituents is 1. The first-order valence-corrected chi connectivity index (χ1v) is 6.02. The molecule has 0 saturated heterocycles. The summed E-state index contributed by atoms with van der Waals surface area (Å²) in [6, 6.07) is 3.65. The SMILES string of the molecule is CC(C)CC(Oc1ccc([N+](=O)[O-])cc1Cl)C(=O)O. The molecule has 1 unspecified atom stereocenters. The van der Waals surface area contributed by atoms with Crippen molar-refractivity contribution in [3.8, 4) is 5.75 Å². The highest BCUT2D eigenvalue weighted by Crippen LogP contribution is 2.30. The Balaban J connectivity index is 2.91. The highest BCUT2D eigenvalue weighted by molar-refractivity contribution is 6.32. The molecule has 0 amide bonds. The lowest BCUT2D eigenvalue weighted by atomic mass is 10.1. The Morgan fingerprint density at radius 2 is 2.16 bits per heavy atom. The van der Waals surface area contributed by atoms with Crippen LogP contribution in [0.3, 0.4) is 0 Å². The van der Waals surface area contributed by atoms with Crippen LogP contribution in [0, 0.1) is 16.0 Å². The minimum Gasteiger partial charge on any atom is -0.479 e. The number of benzene rings is 1. The standard InChI is InChI=1S/C12H14ClNO5/c1-7(2)5-11(12(15)16)19-10-4-3-8(14(17)18)6-9(10)13/h3-4,6-7,11H,5H2,1-2H3,(H,15,16). The van der Waals surface area contributed by atoms with E-state index < -0.39 is 17.0 Å². The smallest absolute Gasteiger partial charge is 0.344 e. The summed E-state index contributed by atoms with van der Waals surface area (Å²) in [6.07, 6.45) is -0.707. The van der Waals surface area contributed by atoms with Crippen LogP contribution in [0.5, 0.6) is 5.75 Å². The summed E-state index contributed by atoms with van der Waals surface area (Å²) in [5.74, 6) is -0.832. The Morgan fingerprint density at radius 3 is 2.58 bits per heavy atom. The van der Waals surface area contributed by atoms with Gasteiger partial charge in [-0.2, -0.15) is 0 Å². The lowest BCUT2D eigenvalue weighted by molar-refractivity contribution is -0.384. The molecule has 1 aromatic rings. The molecule has 1 rings (SSSR count). The number of carboxylic acid groups (broad SMARTS) is 1. The summed E-state index contributed by atoms with van der Waals surface area (Å²) < 4.78 is 5.30. The Kier molecular flexibility index (Phi) is 5.11. The Bertz CT molecular complexity index is 489. The van der Waals surface area contributed by atoms with Crippen molar-refractivity contribution in [3.63, 3.8) is 0 Å². The fraction of sp³-hybridized carbons (Fsp3) is 0.417. The maximum atomic E-state index is 11.0. The van der Waals surface area contributed by atoms with E-state index in [-0.39, 0.29) is 22.4 Å². The van der Waals surface area contributed by atoms with E-state index in [4.69, 9.17) is 21.4 Å². The van der Waals surface area contributed by atoms with Crippen molar-refractivity contribution in [2.24, 2.45) is 5.92 Å².